The van der Waals surface area contributed by atoms with Crippen LogP contribution in [-0.4, -0.2) is 23.1 Å². The van der Waals surface area contributed by atoms with E-state index in [0.29, 0.717) is 23.5 Å². The fraction of sp³-hybridized carbons (Fsp3) is 0.333. The van der Waals surface area contributed by atoms with Crippen molar-refractivity contribution < 1.29 is 14.0 Å². The van der Waals surface area contributed by atoms with Crippen LogP contribution in [-0.2, 0) is 4.79 Å². The molecule has 0 saturated carbocycles. The largest absolute Gasteiger partial charge is 0.300 e. The zero-order chi connectivity index (χ0) is 12.0. The molecular weight excluding hydrogens is 227 g/mol. The Kier molecular flexibility index (Phi) is 5.19. The highest BCUT2D eigenvalue weighted by Crippen LogP contribution is 2.09. The van der Waals surface area contributed by atoms with Crippen molar-refractivity contribution in [2.24, 2.45) is 0 Å². The second-order valence-corrected chi connectivity index (χ2v) is 4.54. The summed E-state index contributed by atoms with van der Waals surface area (Å²) in [4.78, 5) is 22.2. The van der Waals surface area contributed by atoms with E-state index in [1.807, 2.05) is 0 Å². The van der Waals surface area contributed by atoms with Crippen LogP contribution in [0.25, 0.3) is 0 Å². The van der Waals surface area contributed by atoms with Gasteiger partial charge in [-0.1, -0.05) is 0 Å². The SMILES string of the molecule is CC(=O)CCSCC(=O)c1ccc(F)cc1. The highest BCUT2D eigenvalue weighted by atomic mass is 32.2. The van der Waals surface area contributed by atoms with Crippen LogP contribution in [0.4, 0.5) is 4.39 Å². The summed E-state index contributed by atoms with van der Waals surface area (Å²) >= 11 is 1.42. The molecule has 0 aromatic heterocycles. The number of ketones is 2. The summed E-state index contributed by atoms with van der Waals surface area (Å²) < 4.78 is 12.6. The molecule has 0 saturated heterocycles. The van der Waals surface area contributed by atoms with Crippen molar-refractivity contribution in [1.29, 1.82) is 0 Å². The molecule has 0 aliphatic carbocycles. The number of hydrogen-bond donors (Lipinski definition) is 0. The van der Waals surface area contributed by atoms with Gasteiger partial charge in [0.1, 0.15) is 11.6 Å². The van der Waals surface area contributed by atoms with Crippen LogP contribution >= 0.6 is 11.8 Å². The lowest BCUT2D eigenvalue weighted by atomic mass is 10.1. The molecule has 16 heavy (non-hydrogen) atoms. The Morgan fingerprint density at radius 1 is 1.25 bits per heavy atom. The van der Waals surface area contributed by atoms with Crippen LogP contribution in [0.3, 0.4) is 0 Å². The normalized spacial score (nSPS) is 10.1. The first-order chi connectivity index (χ1) is 7.59. The highest BCUT2D eigenvalue weighted by Gasteiger charge is 2.05. The molecule has 0 bridgehead atoms. The van der Waals surface area contributed by atoms with Gasteiger partial charge >= 0.3 is 0 Å². The maximum atomic E-state index is 12.6. The van der Waals surface area contributed by atoms with Gasteiger partial charge in [0.2, 0.25) is 0 Å². The smallest absolute Gasteiger partial charge is 0.172 e. The van der Waals surface area contributed by atoms with E-state index in [0.717, 1.165) is 0 Å². The standard InChI is InChI=1S/C12H13FO2S/c1-9(14)6-7-16-8-12(15)10-2-4-11(13)5-3-10/h2-5H,6-8H2,1H3. The fourth-order valence-electron chi connectivity index (χ4n) is 1.10. The average Bonchev–Trinajstić information content (AvgIpc) is 2.25. The van der Waals surface area contributed by atoms with Crippen molar-refractivity contribution in [3.8, 4) is 0 Å². The van der Waals surface area contributed by atoms with Crippen molar-refractivity contribution in [2.75, 3.05) is 11.5 Å². The number of carbonyl (C=O) groups is 2. The molecule has 86 valence electrons. The summed E-state index contributed by atoms with van der Waals surface area (Å²) in [6.07, 6.45) is 0.487. The lowest BCUT2D eigenvalue weighted by Gasteiger charge is -2.00. The molecule has 1 aromatic rings. The van der Waals surface area contributed by atoms with E-state index in [2.05, 4.69) is 0 Å². The molecule has 0 aliphatic rings. The quantitative estimate of drug-likeness (QED) is 0.566. The van der Waals surface area contributed by atoms with Crippen molar-refractivity contribution in [1.82, 2.24) is 0 Å². The first-order valence-corrected chi connectivity index (χ1v) is 6.11. The number of thioether (sulfide) groups is 1. The number of benzene rings is 1. The number of hydrogen-bond acceptors (Lipinski definition) is 3. The lowest BCUT2D eigenvalue weighted by molar-refractivity contribution is -0.116. The molecule has 0 spiro atoms. The lowest BCUT2D eigenvalue weighted by Crippen LogP contribution is -2.03. The molecule has 0 atom stereocenters. The van der Waals surface area contributed by atoms with Crippen molar-refractivity contribution >= 4 is 23.3 Å². The molecule has 0 radical (unpaired) electrons. The Balaban J connectivity index is 2.35. The van der Waals surface area contributed by atoms with Gasteiger partial charge in [-0.05, 0) is 31.2 Å². The first kappa shape index (κ1) is 12.9. The third-order valence-corrected chi connectivity index (χ3v) is 2.96. The van der Waals surface area contributed by atoms with E-state index in [1.54, 1.807) is 0 Å². The highest BCUT2D eigenvalue weighted by molar-refractivity contribution is 8.00. The molecule has 1 aromatic carbocycles. The van der Waals surface area contributed by atoms with Crippen molar-refractivity contribution in [2.45, 2.75) is 13.3 Å². The van der Waals surface area contributed by atoms with Crippen molar-refractivity contribution in [3.05, 3.63) is 35.6 Å². The average molecular weight is 240 g/mol. The molecule has 0 fully saturated rings. The van der Waals surface area contributed by atoms with Gasteiger partial charge in [-0.2, -0.15) is 11.8 Å². The molecule has 1 rings (SSSR count). The molecule has 0 heterocycles. The predicted molar refractivity (Wildman–Crippen MR) is 63.4 cm³/mol. The molecular formula is C12H13FO2S. The van der Waals surface area contributed by atoms with Crippen LogP contribution in [0, 0.1) is 5.82 Å². The van der Waals surface area contributed by atoms with Gasteiger partial charge in [0.05, 0.1) is 5.75 Å². The number of Topliss-reactive ketones (excluding diaryl/α,β-unsaturated/α-hetero) is 2. The minimum atomic E-state index is -0.346. The second-order valence-electron chi connectivity index (χ2n) is 3.43. The zero-order valence-electron chi connectivity index (χ0n) is 9.03. The van der Waals surface area contributed by atoms with Crippen LogP contribution in [0.1, 0.15) is 23.7 Å². The van der Waals surface area contributed by atoms with Crippen molar-refractivity contribution in [3.63, 3.8) is 0 Å². The minimum absolute atomic E-state index is 0.0337. The summed E-state index contributed by atoms with van der Waals surface area (Å²) in [5.74, 6) is 0.734. The van der Waals surface area contributed by atoms with Crippen LogP contribution in [0.2, 0.25) is 0 Å². The van der Waals surface area contributed by atoms with E-state index in [-0.39, 0.29) is 17.4 Å². The molecule has 0 aliphatic heterocycles. The van der Waals surface area contributed by atoms with Gasteiger partial charge in [0.25, 0.3) is 0 Å². The van der Waals surface area contributed by atoms with Gasteiger partial charge in [-0.25, -0.2) is 4.39 Å². The summed E-state index contributed by atoms with van der Waals surface area (Å²) in [6.45, 7) is 1.53. The number of halogens is 1. The minimum Gasteiger partial charge on any atom is -0.300 e. The molecule has 0 amide bonds. The third-order valence-electron chi connectivity index (χ3n) is 2.00. The Labute approximate surface area is 98.2 Å². The van der Waals surface area contributed by atoms with Gasteiger partial charge in [-0.15, -0.1) is 0 Å². The first-order valence-electron chi connectivity index (χ1n) is 4.95. The molecule has 0 N–H and O–H groups in total. The summed E-state index contributed by atoms with van der Waals surface area (Å²) in [5.41, 5.74) is 0.511. The molecule has 4 heteroatoms. The van der Waals surface area contributed by atoms with Crippen LogP contribution in [0.15, 0.2) is 24.3 Å². The van der Waals surface area contributed by atoms with Gasteiger partial charge in [0.15, 0.2) is 5.78 Å². The zero-order valence-corrected chi connectivity index (χ0v) is 9.85. The van der Waals surface area contributed by atoms with E-state index < -0.39 is 0 Å². The number of carbonyl (C=O) groups excluding carboxylic acids is 2. The van der Waals surface area contributed by atoms with E-state index in [1.165, 1.54) is 43.0 Å². The van der Waals surface area contributed by atoms with Crippen LogP contribution in [0.5, 0.6) is 0 Å². The predicted octanol–water partition coefficient (Wildman–Crippen LogP) is 2.72. The summed E-state index contributed by atoms with van der Waals surface area (Å²) in [5, 5.41) is 0. The van der Waals surface area contributed by atoms with Crippen LogP contribution < -0.4 is 0 Å². The van der Waals surface area contributed by atoms with Gasteiger partial charge in [0, 0.05) is 17.7 Å². The monoisotopic (exact) mass is 240 g/mol. The van der Waals surface area contributed by atoms with E-state index in [9.17, 15) is 14.0 Å². The third kappa shape index (κ3) is 4.57. The fourth-order valence-corrected chi connectivity index (χ4v) is 2.03. The number of rotatable bonds is 6. The maximum Gasteiger partial charge on any atom is 0.172 e. The Bertz CT molecular complexity index is 373. The summed E-state index contributed by atoms with van der Waals surface area (Å²) in [6, 6.07) is 5.49. The van der Waals surface area contributed by atoms with Gasteiger partial charge < -0.3 is 0 Å². The second kappa shape index (κ2) is 6.43. The molecule has 0 unspecified atom stereocenters. The van der Waals surface area contributed by atoms with Gasteiger partial charge in [-0.3, -0.25) is 9.59 Å². The van der Waals surface area contributed by atoms with E-state index >= 15 is 0 Å². The Morgan fingerprint density at radius 2 is 1.88 bits per heavy atom. The van der Waals surface area contributed by atoms with E-state index in [4.69, 9.17) is 0 Å². The topological polar surface area (TPSA) is 34.1 Å². The summed E-state index contributed by atoms with van der Waals surface area (Å²) in [7, 11) is 0. The Hall–Kier alpha value is -1.16. The maximum absolute atomic E-state index is 12.6. The molecule has 2 nitrogen and oxygen atoms in total. The Morgan fingerprint density at radius 3 is 2.44 bits per heavy atom.